The van der Waals surface area contributed by atoms with Crippen LogP contribution >= 0.6 is 22.9 Å². The van der Waals surface area contributed by atoms with Crippen LogP contribution in [0.15, 0.2) is 46.1 Å². The number of aromatic nitrogens is 4. The molecule has 160 valence electrons. The molecule has 12 heteroatoms. The van der Waals surface area contributed by atoms with Crippen LogP contribution in [-0.4, -0.2) is 53.0 Å². The molecule has 4 aromatic rings. The predicted octanol–water partition coefficient (Wildman–Crippen LogP) is 2.87. The number of pyridine rings is 1. The quantitative estimate of drug-likeness (QED) is 0.455. The Hall–Kier alpha value is -2.89. The van der Waals surface area contributed by atoms with Crippen molar-refractivity contribution >= 4 is 50.0 Å². The predicted molar refractivity (Wildman–Crippen MR) is 124 cm³/mol. The van der Waals surface area contributed by atoms with Gasteiger partial charge in [-0.05, 0) is 31.0 Å². The lowest BCUT2D eigenvalue weighted by molar-refractivity contribution is 0.522. The first-order valence-corrected chi connectivity index (χ1v) is 12.2. The Morgan fingerprint density at radius 2 is 2.13 bits per heavy atom. The van der Waals surface area contributed by atoms with E-state index < -0.39 is 15.2 Å². The van der Waals surface area contributed by atoms with E-state index in [1.165, 1.54) is 15.6 Å². The SMILES string of the molecule is C=S1(=O)C[C@@](C)(c2sc(-c3nnc(-c4cnn5ccccc45)o3)cc2Cl)N=C(N)N1C. The highest BCUT2D eigenvalue weighted by Gasteiger charge is 2.40. The summed E-state index contributed by atoms with van der Waals surface area (Å²) < 4.78 is 22.0. The maximum Gasteiger partial charge on any atom is 0.258 e. The molecule has 0 aromatic carbocycles. The maximum absolute atomic E-state index is 12.9. The van der Waals surface area contributed by atoms with Crippen molar-refractivity contribution in [2.45, 2.75) is 12.5 Å². The van der Waals surface area contributed by atoms with Crippen LogP contribution in [0.1, 0.15) is 11.8 Å². The molecule has 0 saturated carbocycles. The maximum atomic E-state index is 12.9. The van der Waals surface area contributed by atoms with Gasteiger partial charge >= 0.3 is 0 Å². The molecule has 5 rings (SSSR count). The number of guanidine groups is 1. The average molecular weight is 476 g/mol. The van der Waals surface area contributed by atoms with Crippen LogP contribution in [0.25, 0.3) is 27.7 Å². The average Bonchev–Trinajstić information content (AvgIpc) is 3.43. The topological polar surface area (TPSA) is 115 Å². The van der Waals surface area contributed by atoms with E-state index in [0.29, 0.717) is 26.6 Å². The van der Waals surface area contributed by atoms with E-state index in [1.807, 2.05) is 31.3 Å². The first-order valence-electron chi connectivity index (χ1n) is 9.18. The third-order valence-electron chi connectivity index (χ3n) is 5.16. The number of nitrogens with zero attached hydrogens (tertiary/aromatic N) is 6. The Balaban J connectivity index is 1.54. The third kappa shape index (κ3) is 3.20. The standard InChI is InChI=1S/C19H18ClN7O2S2/c1-19(10-31(3,28)26(2)18(21)23-19)15-12(20)8-14(30-15)17-25-24-16(29-17)11-9-22-27-7-5-4-6-13(11)27/h4-9H,3,10H2,1-2H3,(H2,21,23)/t19-,31?/m0/s1. The Kier molecular flexibility index (Phi) is 4.40. The summed E-state index contributed by atoms with van der Waals surface area (Å²) in [5.41, 5.74) is 6.73. The van der Waals surface area contributed by atoms with Gasteiger partial charge < -0.3 is 10.2 Å². The molecule has 0 spiro atoms. The number of hydrogen-bond donors (Lipinski definition) is 1. The minimum Gasteiger partial charge on any atom is -0.415 e. The molecule has 2 N–H and O–H groups in total. The molecule has 31 heavy (non-hydrogen) atoms. The Morgan fingerprint density at radius 3 is 2.90 bits per heavy atom. The second-order valence-corrected chi connectivity index (χ2v) is 11.3. The number of thiophene rings is 1. The molecule has 0 fully saturated rings. The van der Waals surface area contributed by atoms with Gasteiger partial charge in [0.25, 0.3) is 11.8 Å². The van der Waals surface area contributed by atoms with Crippen molar-refractivity contribution in [2.24, 2.45) is 10.7 Å². The van der Waals surface area contributed by atoms with Gasteiger partial charge in [-0.15, -0.1) is 21.5 Å². The van der Waals surface area contributed by atoms with Gasteiger partial charge in [-0.3, -0.25) is 4.31 Å². The number of nitrogens with two attached hydrogens (primary N) is 1. The van der Waals surface area contributed by atoms with E-state index in [1.54, 1.807) is 23.8 Å². The van der Waals surface area contributed by atoms with Crippen molar-refractivity contribution < 1.29 is 8.63 Å². The lowest BCUT2D eigenvalue weighted by Crippen LogP contribution is -2.50. The number of hydrogen-bond acceptors (Lipinski definition) is 8. The summed E-state index contributed by atoms with van der Waals surface area (Å²) in [5.74, 6) is 4.87. The van der Waals surface area contributed by atoms with Gasteiger partial charge in [-0.25, -0.2) is 13.7 Å². The summed E-state index contributed by atoms with van der Waals surface area (Å²) in [6, 6.07) is 7.47. The fourth-order valence-corrected chi connectivity index (χ4v) is 6.86. The summed E-state index contributed by atoms with van der Waals surface area (Å²) in [6.45, 7) is 1.84. The van der Waals surface area contributed by atoms with E-state index in [-0.39, 0.29) is 11.7 Å². The van der Waals surface area contributed by atoms with Crippen LogP contribution in [0, 0.1) is 0 Å². The Labute approximate surface area is 187 Å². The molecule has 1 unspecified atom stereocenters. The summed E-state index contributed by atoms with van der Waals surface area (Å²) in [4.78, 5) is 5.95. The summed E-state index contributed by atoms with van der Waals surface area (Å²) in [6.07, 6.45) is 3.53. The number of rotatable bonds is 3. The van der Waals surface area contributed by atoms with Crippen LogP contribution in [-0.2, 0) is 15.2 Å². The normalized spacial score (nSPS) is 24.0. The van der Waals surface area contributed by atoms with Gasteiger partial charge in [0.05, 0.1) is 47.5 Å². The monoisotopic (exact) mass is 475 g/mol. The fourth-order valence-electron chi connectivity index (χ4n) is 3.55. The molecular formula is C19H18ClN7O2S2. The number of fused-ring (bicyclic) bond motifs is 1. The zero-order chi connectivity index (χ0) is 22.0. The highest BCUT2D eigenvalue weighted by atomic mass is 35.5. The largest absolute Gasteiger partial charge is 0.415 e. The molecule has 0 amide bonds. The third-order valence-corrected chi connectivity index (χ3v) is 9.14. The molecule has 0 bridgehead atoms. The highest BCUT2D eigenvalue weighted by Crippen LogP contribution is 2.44. The van der Waals surface area contributed by atoms with E-state index >= 15 is 0 Å². The lowest BCUT2D eigenvalue weighted by Gasteiger charge is -2.36. The van der Waals surface area contributed by atoms with Crippen LogP contribution in [0.3, 0.4) is 0 Å². The van der Waals surface area contributed by atoms with Gasteiger partial charge in [-0.2, -0.15) is 5.10 Å². The molecule has 4 aromatic heterocycles. The zero-order valence-electron chi connectivity index (χ0n) is 16.6. The van der Waals surface area contributed by atoms with Crippen molar-refractivity contribution in [3.05, 3.63) is 46.6 Å². The molecule has 0 saturated heterocycles. The minimum atomic E-state index is -2.62. The van der Waals surface area contributed by atoms with Gasteiger partial charge in [0.2, 0.25) is 5.96 Å². The Bertz CT molecular complexity index is 1450. The van der Waals surface area contributed by atoms with Gasteiger partial charge in [0.15, 0.2) is 0 Å². The second kappa shape index (κ2) is 6.81. The summed E-state index contributed by atoms with van der Waals surface area (Å²) in [7, 11) is -0.999. The van der Waals surface area contributed by atoms with E-state index in [0.717, 1.165) is 11.1 Å². The molecule has 2 atom stereocenters. The van der Waals surface area contributed by atoms with Crippen molar-refractivity contribution in [3.63, 3.8) is 0 Å². The molecule has 1 aliphatic rings. The molecule has 0 aliphatic carbocycles. The first kappa shape index (κ1) is 20.0. The van der Waals surface area contributed by atoms with Crippen molar-refractivity contribution in [1.29, 1.82) is 0 Å². The molecular weight excluding hydrogens is 458 g/mol. The lowest BCUT2D eigenvalue weighted by atomic mass is 10.0. The molecule has 1 aliphatic heterocycles. The van der Waals surface area contributed by atoms with Gasteiger partial charge in [0.1, 0.15) is 5.54 Å². The van der Waals surface area contributed by atoms with Crippen LogP contribution in [0.4, 0.5) is 0 Å². The number of halogens is 1. The first-order chi connectivity index (χ1) is 14.7. The Morgan fingerprint density at radius 1 is 1.35 bits per heavy atom. The zero-order valence-corrected chi connectivity index (χ0v) is 19.0. The highest BCUT2D eigenvalue weighted by molar-refractivity contribution is 7.98. The van der Waals surface area contributed by atoms with E-state index in [2.05, 4.69) is 26.2 Å². The summed E-state index contributed by atoms with van der Waals surface area (Å²) >= 11 is 7.90. The van der Waals surface area contributed by atoms with Crippen molar-refractivity contribution in [1.82, 2.24) is 24.1 Å². The van der Waals surface area contributed by atoms with Gasteiger partial charge in [0, 0.05) is 13.2 Å². The van der Waals surface area contributed by atoms with E-state index in [9.17, 15) is 4.21 Å². The van der Waals surface area contributed by atoms with Crippen LogP contribution in [0.5, 0.6) is 0 Å². The van der Waals surface area contributed by atoms with Crippen LogP contribution in [0.2, 0.25) is 5.02 Å². The molecule has 5 heterocycles. The number of aliphatic imine (C=N–C) groups is 1. The van der Waals surface area contributed by atoms with Gasteiger partial charge in [-0.1, -0.05) is 17.7 Å². The fraction of sp³-hybridized carbons (Fsp3) is 0.211. The molecule has 0 radical (unpaired) electrons. The summed E-state index contributed by atoms with van der Waals surface area (Å²) in [5, 5.41) is 13.1. The van der Waals surface area contributed by atoms with Crippen LogP contribution < -0.4 is 5.73 Å². The van der Waals surface area contributed by atoms with Crippen molar-refractivity contribution in [2.75, 3.05) is 12.8 Å². The second-order valence-electron chi connectivity index (χ2n) is 7.45. The van der Waals surface area contributed by atoms with E-state index in [4.69, 9.17) is 21.8 Å². The molecule has 9 nitrogen and oxygen atoms in total. The van der Waals surface area contributed by atoms with Crippen molar-refractivity contribution in [3.8, 4) is 22.2 Å². The smallest absolute Gasteiger partial charge is 0.258 e. The minimum absolute atomic E-state index is 0.160.